The molecule has 1 aromatic heterocycles. The minimum absolute atomic E-state index is 0.240. The third kappa shape index (κ3) is 1.97. The zero-order valence-electron chi connectivity index (χ0n) is 8.27. The summed E-state index contributed by atoms with van der Waals surface area (Å²) in [6.45, 7) is 3.04. The maximum Gasteiger partial charge on any atom is 0.310 e. The molecule has 15 heavy (non-hydrogen) atoms. The number of halogens is 1. The summed E-state index contributed by atoms with van der Waals surface area (Å²) < 4.78 is 0.974. The first kappa shape index (κ1) is 10.4. The predicted molar refractivity (Wildman–Crippen MR) is 60.0 cm³/mol. The monoisotopic (exact) mass is 270 g/mol. The van der Waals surface area contributed by atoms with Crippen LogP contribution in [0.15, 0.2) is 16.6 Å². The summed E-state index contributed by atoms with van der Waals surface area (Å²) in [5.41, 5.74) is 0.922. The van der Waals surface area contributed by atoms with Crippen molar-refractivity contribution in [2.45, 2.75) is 6.92 Å². The SMILES string of the molecule is Cc1nc(N2CC(C(=O)O)C2)ccc1Br. The third-order valence-corrected chi connectivity index (χ3v) is 3.40. The van der Waals surface area contributed by atoms with Gasteiger partial charge in [0.2, 0.25) is 0 Å². The quantitative estimate of drug-likeness (QED) is 0.889. The van der Waals surface area contributed by atoms with Gasteiger partial charge in [0, 0.05) is 17.6 Å². The molecule has 1 fully saturated rings. The van der Waals surface area contributed by atoms with Crippen LogP contribution in [0.2, 0.25) is 0 Å². The number of pyridine rings is 1. The maximum atomic E-state index is 10.6. The molecule has 0 atom stereocenters. The van der Waals surface area contributed by atoms with Gasteiger partial charge in [0.1, 0.15) is 5.82 Å². The minimum atomic E-state index is -0.722. The van der Waals surface area contributed by atoms with Gasteiger partial charge in [-0.05, 0) is 35.0 Å². The number of hydrogen-bond acceptors (Lipinski definition) is 3. The zero-order valence-corrected chi connectivity index (χ0v) is 9.86. The van der Waals surface area contributed by atoms with Crippen LogP contribution < -0.4 is 4.90 Å². The Morgan fingerprint density at radius 2 is 2.27 bits per heavy atom. The second-order valence-corrected chi connectivity index (χ2v) is 4.53. The van der Waals surface area contributed by atoms with Crippen LogP contribution in [0.1, 0.15) is 5.69 Å². The van der Waals surface area contributed by atoms with Crippen molar-refractivity contribution in [1.82, 2.24) is 4.98 Å². The standard InChI is InChI=1S/C10H11BrN2O2/c1-6-8(11)2-3-9(12-6)13-4-7(5-13)10(14)15/h2-3,7H,4-5H2,1H3,(H,14,15). The van der Waals surface area contributed by atoms with E-state index in [9.17, 15) is 4.79 Å². The van der Waals surface area contributed by atoms with Gasteiger partial charge in [-0.2, -0.15) is 0 Å². The second kappa shape index (κ2) is 3.81. The highest BCUT2D eigenvalue weighted by atomic mass is 79.9. The van der Waals surface area contributed by atoms with Crippen LogP contribution >= 0.6 is 15.9 Å². The molecule has 0 aliphatic carbocycles. The highest BCUT2D eigenvalue weighted by Crippen LogP contribution is 2.25. The van der Waals surface area contributed by atoms with E-state index in [0.717, 1.165) is 16.0 Å². The molecular weight excluding hydrogens is 260 g/mol. The van der Waals surface area contributed by atoms with Crippen molar-refractivity contribution in [3.05, 3.63) is 22.3 Å². The Morgan fingerprint density at radius 1 is 1.60 bits per heavy atom. The summed E-state index contributed by atoms with van der Waals surface area (Å²) in [4.78, 5) is 17.0. The Bertz CT molecular complexity index is 402. The summed E-state index contributed by atoms with van der Waals surface area (Å²) in [6.07, 6.45) is 0. The van der Waals surface area contributed by atoms with E-state index in [1.165, 1.54) is 0 Å². The lowest BCUT2D eigenvalue weighted by Gasteiger charge is -2.37. The number of aryl methyl sites for hydroxylation is 1. The summed E-state index contributed by atoms with van der Waals surface area (Å²) in [5, 5.41) is 8.74. The maximum absolute atomic E-state index is 10.6. The van der Waals surface area contributed by atoms with E-state index >= 15 is 0 Å². The molecule has 0 unspecified atom stereocenters. The predicted octanol–water partition coefficient (Wildman–Crippen LogP) is 1.67. The molecule has 0 amide bonds. The van der Waals surface area contributed by atoms with Gasteiger partial charge in [0.15, 0.2) is 0 Å². The van der Waals surface area contributed by atoms with E-state index in [1.54, 1.807) is 0 Å². The van der Waals surface area contributed by atoms with E-state index in [4.69, 9.17) is 5.11 Å². The summed E-state index contributed by atoms with van der Waals surface area (Å²) >= 11 is 3.38. The molecule has 0 saturated carbocycles. The van der Waals surface area contributed by atoms with Gasteiger partial charge in [-0.3, -0.25) is 4.79 Å². The summed E-state index contributed by atoms with van der Waals surface area (Å²) in [6, 6.07) is 3.83. The molecule has 0 spiro atoms. The van der Waals surface area contributed by atoms with Crippen LogP contribution in [-0.4, -0.2) is 29.1 Å². The van der Waals surface area contributed by atoms with E-state index in [1.807, 2.05) is 24.0 Å². The van der Waals surface area contributed by atoms with Gasteiger partial charge in [0.25, 0.3) is 0 Å². The molecule has 1 aliphatic rings. The van der Waals surface area contributed by atoms with Gasteiger partial charge >= 0.3 is 5.97 Å². The van der Waals surface area contributed by atoms with E-state index in [0.29, 0.717) is 13.1 Å². The van der Waals surface area contributed by atoms with Gasteiger partial charge in [-0.25, -0.2) is 4.98 Å². The Balaban J connectivity index is 2.07. The van der Waals surface area contributed by atoms with Crippen molar-refractivity contribution in [2.75, 3.05) is 18.0 Å². The van der Waals surface area contributed by atoms with Gasteiger partial charge in [-0.15, -0.1) is 0 Å². The highest BCUT2D eigenvalue weighted by Gasteiger charge is 2.33. The molecule has 2 rings (SSSR count). The van der Waals surface area contributed by atoms with Crippen molar-refractivity contribution in [3.8, 4) is 0 Å². The van der Waals surface area contributed by atoms with Crippen LogP contribution in [0, 0.1) is 12.8 Å². The first-order valence-corrected chi connectivity index (χ1v) is 5.48. The molecule has 1 saturated heterocycles. The lowest BCUT2D eigenvalue weighted by Crippen LogP contribution is -2.50. The number of nitrogens with zero attached hydrogens (tertiary/aromatic N) is 2. The van der Waals surface area contributed by atoms with Crippen molar-refractivity contribution in [2.24, 2.45) is 5.92 Å². The van der Waals surface area contributed by atoms with Crippen molar-refractivity contribution < 1.29 is 9.90 Å². The highest BCUT2D eigenvalue weighted by molar-refractivity contribution is 9.10. The fraction of sp³-hybridized carbons (Fsp3) is 0.400. The second-order valence-electron chi connectivity index (χ2n) is 3.68. The molecule has 4 nitrogen and oxygen atoms in total. The first-order valence-electron chi connectivity index (χ1n) is 4.69. The molecule has 80 valence electrons. The average Bonchev–Trinajstić information content (AvgIpc) is 2.08. The Labute approximate surface area is 96.1 Å². The van der Waals surface area contributed by atoms with Crippen LogP contribution in [0.5, 0.6) is 0 Å². The number of hydrogen-bond donors (Lipinski definition) is 1. The van der Waals surface area contributed by atoms with Crippen LogP contribution in [0.3, 0.4) is 0 Å². The molecule has 5 heteroatoms. The van der Waals surface area contributed by atoms with Gasteiger partial charge in [-0.1, -0.05) is 0 Å². The van der Waals surface area contributed by atoms with Gasteiger partial charge in [0.05, 0.1) is 11.6 Å². The van der Waals surface area contributed by atoms with E-state index < -0.39 is 5.97 Å². The number of anilines is 1. The molecule has 0 aromatic carbocycles. The van der Waals surface area contributed by atoms with Crippen LogP contribution in [0.25, 0.3) is 0 Å². The molecule has 0 radical (unpaired) electrons. The van der Waals surface area contributed by atoms with E-state index in [2.05, 4.69) is 20.9 Å². The van der Waals surface area contributed by atoms with Crippen LogP contribution in [0.4, 0.5) is 5.82 Å². The van der Waals surface area contributed by atoms with Crippen molar-refractivity contribution >= 4 is 27.7 Å². The topological polar surface area (TPSA) is 53.4 Å². The molecule has 1 N–H and O–H groups in total. The van der Waals surface area contributed by atoms with Gasteiger partial charge < -0.3 is 10.0 Å². The van der Waals surface area contributed by atoms with Crippen molar-refractivity contribution in [1.29, 1.82) is 0 Å². The molecule has 2 heterocycles. The van der Waals surface area contributed by atoms with Crippen LogP contribution in [-0.2, 0) is 4.79 Å². The number of carbonyl (C=O) groups is 1. The Kier molecular flexibility index (Phi) is 2.65. The fourth-order valence-corrected chi connectivity index (χ4v) is 1.75. The fourth-order valence-electron chi connectivity index (χ4n) is 1.53. The minimum Gasteiger partial charge on any atom is -0.481 e. The molecule has 1 aliphatic heterocycles. The number of aromatic nitrogens is 1. The Morgan fingerprint density at radius 3 is 2.80 bits per heavy atom. The van der Waals surface area contributed by atoms with E-state index in [-0.39, 0.29) is 5.92 Å². The normalized spacial score (nSPS) is 16.3. The average molecular weight is 271 g/mol. The number of rotatable bonds is 2. The first-order chi connectivity index (χ1) is 7.08. The lowest BCUT2D eigenvalue weighted by molar-refractivity contribution is -0.142. The third-order valence-electron chi connectivity index (χ3n) is 2.56. The largest absolute Gasteiger partial charge is 0.481 e. The zero-order chi connectivity index (χ0) is 11.0. The lowest BCUT2D eigenvalue weighted by atomic mass is 10.0. The Hall–Kier alpha value is -1.10. The summed E-state index contributed by atoms with van der Waals surface area (Å²) in [7, 11) is 0. The number of aliphatic carboxylic acids is 1. The summed E-state index contributed by atoms with van der Waals surface area (Å²) in [5.74, 6) is -0.107. The van der Waals surface area contributed by atoms with Crippen molar-refractivity contribution in [3.63, 3.8) is 0 Å². The number of carboxylic acids is 1. The molecular formula is C10H11BrN2O2. The molecule has 1 aromatic rings. The number of carboxylic acid groups (broad SMARTS) is 1. The smallest absolute Gasteiger partial charge is 0.310 e. The molecule has 0 bridgehead atoms.